The molecule has 12 heteroatoms. The molecular weight excluding hydrogens is 696 g/mol. The quantitative estimate of drug-likeness (QED) is 0.0336. The van der Waals surface area contributed by atoms with E-state index in [1.807, 2.05) is 0 Å². The second kappa shape index (κ2) is 36.8. The Morgan fingerprint density at radius 3 is 0.778 bits per heavy atom. The lowest BCUT2D eigenvalue weighted by Crippen LogP contribution is -2.31. The molecule has 0 aliphatic rings. The summed E-state index contributed by atoms with van der Waals surface area (Å²) in [5.74, 6) is -3.20. The van der Waals surface area contributed by atoms with Crippen LogP contribution >= 0.6 is 0 Å². The van der Waals surface area contributed by atoms with Crippen molar-refractivity contribution in [1.29, 1.82) is 0 Å². The van der Waals surface area contributed by atoms with E-state index in [0.29, 0.717) is 25.7 Å². The highest BCUT2D eigenvalue weighted by atomic mass is 16.6. The van der Waals surface area contributed by atoms with Gasteiger partial charge in [0.05, 0.1) is 12.8 Å². The maximum absolute atomic E-state index is 12.5. The Morgan fingerprint density at radius 1 is 0.296 bits per heavy atom. The molecule has 0 aromatic rings. The largest absolute Gasteiger partial charge is 0.462 e. The Bertz CT molecular complexity index is 920. The summed E-state index contributed by atoms with van der Waals surface area (Å²) < 4.78 is 32.2. The third-order valence-electron chi connectivity index (χ3n) is 8.79. The first kappa shape index (κ1) is 50.8. The molecule has 2 atom stereocenters. The van der Waals surface area contributed by atoms with Crippen LogP contribution in [0.3, 0.4) is 0 Å². The molecule has 0 spiro atoms. The Kier molecular flexibility index (Phi) is 34.6. The van der Waals surface area contributed by atoms with Gasteiger partial charge in [-0.05, 0) is 25.7 Å². The van der Waals surface area contributed by atoms with E-state index >= 15 is 0 Å². The Labute approximate surface area is 325 Å². The first-order chi connectivity index (χ1) is 26.1. The summed E-state index contributed by atoms with van der Waals surface area (Å²) in [6.45, 7) is 7.31. The van der Waals surface area contributed by atoms with Crippen LogP contribution in [0.2, 0.25) is 0 Å². The number of unbranched alkanes of at least 4 members (excludes halogenated alkanes) is 16. The van der Waals surface area contributed by atoms with Crippen LogP contribution in [0.4, 0.5) is 0 Å². The summed E-state index contributed by atoms with van der Waals surface area (Å²) in [5.41, 5.74) is 0. The van der Waals surface area contributed by atoms with Crippen molar-refractivity contribution in [2.75, 3.05) is 26.4 Å². The molecule has 0 saturated heterocycles. The topological polar surface area (TPSA) is 158 Å². The fourth-order valence-electron chi connectivity index (χ4n) is 5.45. The number of carbonyl (C=O) groups excluding carboxylic acids is 6. The minimum atomic E-state index is -0.978. The average Bonchev–Trinajstić information content (AvgIpc) is 3.15. The van der Waals surface area contributed by atoms with Crippen LogP contribution in [0.5, 0.6) is 0 Å². The van der Waals surface area contributed by atoms with Gasteiger partial charge in [0, 0.05) is 25.7 Å². The van der Waals surface area contributed by atoms with Gasteiger partial charge in [0.15, 0.2) is 12.2 Å². The Hall–Kier alpha value is -3.18. The van der Waals surface area contributed by atoms with Crippen LogP contribution < -0.4 is 0 Å². The zero-order valence-corrected chi connectivity index (χ0v) is 34.3. The molecular formula is C42H74O12. The van der Waals surface area contributed by atoms with Gasteiger partial charge in [-0.25, -0.2) is 0 Å². The zero-order chi connectivity index (χ0) is 40.1. The zero-order valence-electron chi connectivity index (χ0n) is 34.3. The molecule has 0 rings (SSSR count). The van der Waals surface area contributed by atoms with Crippen molar-refractivity contribution >= 4 is 35.8 Å². The number of hydrogen-bond donors (Lipinski definition) is 0. The second-order valence-electron chi connectivity index (χ2n) is 14.1. The molecule has 0 amide bonds. The molecule has 0 aliphatic heterocycles. The molecule has 54 heavy (non-hydrogen) atoms. The van der Waals surface area contributed by atoms with Crippen LogP contribution in [0.1, 0.15) is 195 Å². The molecule has 0 saturated carbocycles. The van der Waals surface area contributed by atoms with Gasteiger partial charge in [-0.15, -0.1) is 0 Å². The molecule has 0 bridgehead atoms. The summed E-state index contributed by atoms with van der Waals surface area (Å²) >= 11 is 0. The molecule has 2 unspecified atom stereocenters. The molecule has 12 nitrogen and oxygen atoms in total. The smallest absolute Gasteiger partial charge is 0.306 e. The fraction of sp³-hybridized carbons (Fsp3) is 0.857. The number of ether oxygens (including phenoxy) is 6. The molecule has 0 fully saturated rings. The summed E-state index contributed by atoms with van der Waals surface area (Å²) in [5, 5.41) is 0. The molecule has 0 N–H and O–H groups in total. The number of esters is 6. The number of hydrogen-bond acceptors (Lipinski definition) is 12. The molecule has 0 aromatic carbocycles. The first-order valence-electron chi connectivity index (χ1n) is 21.2. The van der Waals surface area contributed by atoms with Gasteiger partial charge in [-0.3, -0.25) is 28.8 Å². The van der Waals surface area contributed by atoms with E-state index in [-0.39, 0.29) is 65.0 Å². The third-order valence-corrected chi connectivity index (χ3v) is 8.79. The van der Waals surface area contributed by atoms with E-state index in [9.17, 15) is 28.8 Å². The predicted molar refractivity (Wildman–Crippen MR) is 206 cm³/mol. The van der Waals surface area contributed by atoms with Gasteiger partial charge in [0.1, 0.15) is 26.4 Å². The van der Waals surface area contributed by atoms with Crippen molar-refractivity contribution in [3.05, 3.63) is 0 Å². The summed E-state index contributed by atoms with van der Waals surface area (Å²) in [6, 6.07) is 0. The number of rotatable bonds is 37. The highest BCUT2D eigenvalue weighted by Crippen LogP contribution is 2.12. The highest BCUT2D eigenvalue weighted by Gasteiger charge is 2.22. The fourth-order valence-corrected chi connectivity index (χ4v) is 5.45. The van der Waals surface area contributed by atoms with Crippen molar-refractivity contribution in [2.45, 2.75) is 207 Å². The maximum Gasteiger partial charge on any atom is 0.306 e. The highest BCUT2D eigenvalue weighted by molar-refractivity contribution is 5.77. The van der Waals surface area contributed by atoms with Gasteiger partial charge in [0.2, 0.25) is 0 Å². The van der Waals surface area contributed by atoms with Gasteiger partial charge < -0.3 is 28.4 Å². The molecule has 0 aliphatic carbocycles. The molecule has 314 valence electrons. The van der Waals surface area contributed by atoms with Crippen LogP contribution in [0.15, 0.2) is 0 Å². The van der Waals surface area contributed by atoms with Crippen molar-refractivity contribution in [3.8, 4) is 0 Å². The van der Waals surface area contributed by atoms with Crippen molar-refractivity contribution in [2.24, 2.45) is 0 Å². The van der Waals surface area contributed by atoms with Gasteiger partial charge in [-0.1, -0.05) is 130 Å². The first-order valence-corrected chi connectivity index (χ1v) is 21.2. The lowest BCUT2D eigenvalue weighted by atomic mass is 10.1. The van der Waals surface area contributed by atoms with E-state index < -0.39 is 48.0 Å². The third kappa shape index (κ3) is 33.4. The van der Waals surface area contributed by atoms with Crippen molar-refractivity contribution in [1.82, 2.24) is 0 Å². The van der Waals surface area contributed by atoms with Gasteiger partial charge >= 0.3 is 35.8 Å². The Morgan fingerprint density at radius 2 is 0.519 bits per heavy atom. The van der Waals surface area contributed by atoms with E-state index in [1.54, 1.807) is 0 Å². The van der Waals surface area contributed by atoms with E-state index in [0.717, 1.165) is 103 Å². The van der Waals surface area contributed by atoms with Gasteiger partial charge in [0.25, 0.3) is 0 Å². The van der Waals surface area contributed by atoms with Crippen molar-refractivity contribution in [3.63, 3.8) is 0 Å². The summed E-state index contributed by atoms with van der Waals surface area (Å²) in [4.78, 5) is 74.6. The van der Waals surface area contributed by atoms with Gasteiger partial charge in [-0.2, -0.15) is 0 Å². The van der Waals surface area contributed by atoms with E-state index in [4.69, 9.17) is 28.4 Å². The minimum absolute atomic E-state index is 0.207. The van der Waals surface area contributed by atoms with E-state index in [2.05, 4.69) is 27.7 Å². The normalized spacial score (nSPS) is 12.0. The monoisotopic (exact) mass is 771 g/mol. The molecule has 0 radical (unpaired) electrons. The molecule has 0 heterocycles. The van der Waals surface area contributed by atoms with Crippen LogP contribution in [0, 0.1) is 0 Å². The second-order valence-corrected chi connectivity index (χ2v) is 14.1. The molecule has 0 aromatic heterocycles. The average molecular weight is 771 g/mol. The van der Waals surface area contributed by atoms with E-state index in [1.165, 1.54) is 0 Å². The van der Waals surface area contributed by atoms with Crippen LogP contribution in [-0.4, -0.2) is 74.5 Å². The number of carbonyl (C=O) groups is 6. The predicted octanol–water partition coefficient (Wildman–Crippen LogP) is 9.21. The van der Waals surface area contributed by atoms with Crippen LogP contribution in [0.25, 0.3) is 0 Å². The standard InChI is InChI=1S/C42H74O12/c1-5-9-13-17-21-25-37(43)49-31-35(53-41(47)27-23-19-15-11-7-3)33-51-39(45)29-30-40(46)52-34-36(54-42(48)28-24-20-16-12-8-4)32-50-38(44)26-22-18-14-10-6-2/h35-36H,5-34H2,1-4H3. The lowest BCUT2D eigenvalue weighted by molar-refractivity contribution is -0.168. The van der Waals surface area contributed by atoms with Crippen LogP contribution in [-0.2, 0) is 57.2 Å². The Balaban J connectivity index is 4.95. The summed E-state index contributed by atoms with van der Waals surface area (Å²) in [7, 11) is 0. The maximum atomic E-state index is 12.5. The SMILES string of the molecule is CCCCCCCC(=O)OCC(COC(=O)CCC(=O)OCC(COC(=O)CCCCCCC)OC(=O)CCCCCCC)OC(=O)CCCCCCC. The summed E-state index contributed by atoms with van der Waals surface area (Å²) in [6.07, 6.45) is 17.7. The minimum Gasteiger partial charge on any atom is -0.462 e. The van der Waals surface area contributed by atoms with Crippen molar-refractivity contribution < 1.29 is 57.2 Å². The lowest BCUT2D eigenvalue weighted by Gasteiger charge is -2.19.